The molecule has 2 atom stereocenters. The second kappa shape index (κ2) is 12.8. The lowest BCUT2D eigenvalue weighted by atomic mass is 9.79. The molecule has 2 aliphatic rings. The summed E-state index contributed by atoms with van der Waals surface area (Å²) < 4.78 is 0. The van der Waals surface area contributed by atoms with Crippen molar-refractivity contribution in [3.63, 3.8) is 0 Å². The first kappa shape index (κ1) is 28.5. The highest BCUT2D eigenvalue weighted by Crippen LogP contribution is 2.31. The average molecular weight is 469 g/mol. The highest BCUT2D eigenvalue weighted by atomic mass is 16.2. The predicted molar refractivity (Wildman–Crippen MR) is 148 cm³/mol. The van der Waals surface area contributed by atoms with Crippen LogP contribution in [0.2, 0.25) is 0 Å². The molecule has 0 saturated carbocycles. The van der Waals surface area contributed by atoms with Crippen LogP contribution in [0.25, 0.3) is 0 Å². The van der Waals surface area contributed by atoms with Crippen molar-refractivity contribution in [2.45, 2.75) is 131 Å². The lowest BCUT2D eigenvalue weighted by Gasteiger charge is -2.39. The predicted octanol–water partition coefficient (Wildman–Crippen LogP) is 8.79. The van der Waals surface area contributed by atoms with Gasteiger partial charge in [-0.1, -0.05) is 46.6 Å². The maximum absolute atomic E-state index is 13.3. The maximum atomic E-state index is 13.3. The van der Waals surface area contributed by atoms with Gasteiger partial charge in [0.25, 0.3) is 0 Å². The molecule has 0 spiro atoms. The summed E-state index contributed by atoms with van der Waals surface area (Å²) in [7, 11) is 0. The first-order chi connectivity index (χ1) is 15.9. The smallest absolute Gasteiger partial charge is 0.315 e. The Morgan fingerprint density at radius 2 is 1.00 bits per heavy atom. The standard InChI is InChI=1S/C31H52N2O/c1-23-11-9-12-24(2)16-20-27(19-15-23)30(5,6)32-29(34)33-31(7,8)28-21-17-25(3)13-10-14-26(4)18-22-28/h11,13,16,18,27-28H,9-10,12,14-15,17,19-22H2,1-8H3,(H2,32,33,34)/b23-11-,24-16-,25-13-,26-18-/t27-,28?/m1/s1. The summed E-state index contributed by atoms with van der Waals surface area (Å²) in [5.74, 6) is 0.814. The molecular weight excluding hydrogens is 416 g/mol. The van der Waals surface area contributed by atoms with Crippen molar-refractivity contribution in [3.8, 4) is 0 Å². The van der Waals surface area contributed by atoms with E-state index in [1.165, 1.54) is 22.3 Å². The van der Waals surface area contributed by atoms with Gasteiger partial charge in [-0.25, -0.2) is 4.79 Å². The van der Waals surface area contributed by atoms with Gasteiger partial charge in [-0.3, -0.25) is 0 Å². The first-order valence-corrected chi connectivity index (χ1v) is 13.6. The van der Waals surface area contributed by atoms with Gasteiger partial charge in [0.05, 0.1) is 0 Å². The van der Waals surface area contributed by atoms with Crippen molar-refractivity contribution in [2.75, 3.05) is 0 Å². The van der Waals surface area contributed by atoms with Crippen LogP contribution in [0.1, 0.15) is 120 Å². The monoisotopic (exact) mass is 468 g/mol. The van der Waals surface area contributed by atoms with Crippen LogP contribution in [0.5, 0.6) is 0 Å². The van der Waals surface area contributed by atoms with Crippen molar-refractivity contribution >= 4 is 6.03 Å². The molecule has 2 N–H and O–H groups in total. The molecular formula is C31H52N2O. The van der Waals surface area contributed by atoms with E-state index < -0.39 is 0 Å². The van der Waals surface area contributed by atoms with E-state index in [4.69, 9.17) is 0 Å². The van der Waals surface area contributed by atoms with Crippen molar-refractivity contribution in [3.05, 3.63) is 46.6 Å². The zero-order chi connectivity index (χ0) is 25.4. The summed E-state index contributed by atoms with van der Waals surface area (Å²) in [6.07, 6.45) is 20.6. The molecule has 2 rings (SSSR count). The zero-order valence-electron chi connectivity index (χ0n) is 23.4. The number of carbonyl (C=O) groups excluding carboxylic acids is 1. The van der Waals surface area contributed by atoms with Gasteiger partial charge in [-0.05, 0) is 131 Å². The number of urea groups is 1. The Kier molecular flexibility index (Phi) is 10.7. The normalized spacial score (nSPS) is 30.2. The minimum absolute atomic E-state index is 0.0369. The van der Waals surface area contributed by atoms with E-state index in [1.54, 1.807) is 0 Å². The van der Waals surface area contributed by atoms with Gasteiger partial charge < -0.3 is 10.6 Å². The lowest BCUT2D eigenvalue weighted by Crippen LogP contribution is -2.58. The molecule has 34 heavy (non-hydrogen) atoms. The minimum Gasteiger partial charge on any atom is -0.333 e. The molecule has 0 radical (unpaired) electrons. The Bertz CT molecular complexity index is 743. The van der Waals surface area contributed by atoms with Gasteiger partial charge in [-0.15, -0.1) is 0 Å². The van der Waals surface area contributed by atoms with Gasteiger partial charge in [0.2, 0.25) is 0 Å². The van der Waals surface area contributed by atoms with Crippen molar-refractivity contribution in [2.24, 2.45) is 11.8 Å². The molecule has 0 aromatic heterocycles. The highest BCUT2D eigenvalue weighted by Gasteiger charge is 2.34. The Hall–Kier alpha value is -1.77. The molecule has 1 unspecified atom stereocenters. The zero-order valence-corrected chi connectivity index (χ0v) is 23.4. The molecule has 192 valence electrons. The number of amides is 2. The molecule has 2 aliphatic carbocycles. The Morgan fingerprint density at radius 3 is 1.38 bits per heavy atom. The number of hydrogen-bond donors (Lipinski definition) is 2. The van der Waals surface area contributed by atoms with E-state index in [2.05, 4.69) is 90.3 Å². The number of nitrogens with one attached hydrogen (secondary N) is 2. The minimum atomic E-state index is -0.275. The van der Waals surface area contributed by atoms with Crippen LogP contribution >= 0.6 is 0 Å². The summed E-state index contributed by atoms with van der Waals surface area (Å²) >= 11 is 0. The summed E-state index contributed by atoms with van der Waals surface area (Å²) in [5, 5.41) is 6.75. The molecule has 0 heterocycles. The van der Waals surface area contributed by atoms with Crippen LogP contribution in [0, 0.1) is 11.8 Å². The number of allylic oxidation sites excluding steroid dienone is 8. The lowest BCUT2D eigenvalue weighted by molar-refractivity contribution is 0.182. The third-order valence-electron chi connectivity index (χ3n) is 8.25. The van der Waals surface area contributed by atoms with E-state index in [9.17, 15) is 4.79 Å². The fourth-order valence-electron chi connectivity index (χ4n) is 5.36. The molecule has 3 nitrogen and oxygen atoms in total. The van der Waals surface area contributed by atoms with Gasteiger partial charge in [0.15, 0.2) is 0 Å². The summed E-state index contributed by atoms with van der Waals surface area (Å²) in [6, 6.07) is -0.0369. The first-order valence-electron chi connectivity index (χ1n) is 13.6. The van der Waals surface area contributed by atoms with Gasteiger partial charge >= 0.3 is 6.03 Å². The van der Waals surface area contributed by atoms with Crippen LogP contribution in [0.4, 0.5) is 4.79 Å². The summed E-state index contributed by atoms with van der Waals surface area (Å²) in [5.41, 5.74) is 5.32. The molecule has 0 saturated heterocycles. The second-order valence-corrected chi connectivity index (χ2v) is 12.2. The molecule has 3 heteroatoms. The van der Waals surface area contributed by atoms with Gasteiger partial charge in [0, 0.05) is 11.1 Å². The Labute approximate surface area is 210 Å². The molecule has 0 bridgehead atoms. The number of hydrogen-bond acceptors (Lipinski definition) is 1. The van der Waals surface area contributed by atoms with Crippen LogP contribution in [-0.4, -0.2) is 17.1 Å². The fraction of sp³-hybridized carbons (Fsp3) is 0.710. The van der Waals surface area contributed by atoms with Crippen LogP contribution < -0.4 is 10.6 Å². The molecule has 0 fully saturated rings. The number of carbonyl (C=O) groups is 1. The summed E-state index contributed by atoms with van der Waals surface area (Å²) in [6.45, 7) is 17.8. The third-order valence-corrected chi connectivity index (χ3v) is 8.25. The van der Waals surface area contributed by atoms with Crippen molar-refractivity contribution in [1.82, 2.24) is 10.6 Å². The molecule has 0 aliphatic heterocycles. The quantitative estimate of drug-likeness (QED) is 0.398. The average Bonchev–Trinajstić information content (AvgIpc) is 2.71. The third kappa shape index (κ3) is 9.47. The molecule has 0 aromatic rings. The van der Waals surface area contributed by atoms with Gasteiger partial charge in [-0.2, -0.15) is 0 Å². The maximum Gasteiger partial charge on any atom is 0.315 e. The van der Waals surface area contributed by atoms with E-state index >= 15 is 0 Å². The van der Waals surface area contributed by atoms with Crippen molar-refractivity contribution < 1.29 is 4.79 Å². The van der Waals surface area contributed by atoms with Crippen LogP contribution in [0.3, 0.4) is 0 Å². The molecule has 0 aromatic carbocycles. The van der Waals surface area contributed by atoms with E-state index in [0.717, 1.165) is 64.2 Å². The highest BCUT2D eigenvalue weighted by molar-refractivity contribution is 5.75. The SMILES string of the molecule is C/C1=C/CC(C(C)(C)NC(=O)NC(C)(C)[C@H]2C/C=C(/C)CC/C=C(/C)CC2)CC/C(C)=C\CC1. The van der Waals surface area contributed by atoms with Crippen molar-refractivity contribution in [1.29, 1.82) is 0 Å². The molecule has 2 amide bonds. The Morgan fingerprint density at radius 1 is 0.647 bits per heavy atom. The largest absolute Gasteiger partial charge is 0.333 e. The topological polar surface area (TPSA) is 41.1 Å². The van der Waals surface area contributed by atoms with E-state index in [0.29, 0.717) is 11.8 Å². The Balaban J connectivity index is 2.08. The van der Waals surface area contributed by atoms with E-state index in [-0.39, 0.29) is 17.1 Å². The number of rotatable bonds is 4. The van der Waals surface area contributed by atoms with Crippen LogP contribution in [-0.2, 0) is 0 Å². The second-order valence-electron chi connectivity index (χ2n) is 12.2. The van der Waals surface area contributed by atoms with Crippen LogP contribution in [0.15, 0.2) is 46.6 Å². The fourth-order valence-corrected chi connectivity index (χ4v) is 5.36. The van der Waals surface area contributed by atoms with E-state index in [1.807, 2.05) is 0 Å². The summed E-state index contributed by atoms with van der Waals surface area (Å²) in [4.78, 5) is 13.3. The van der Waals surface area contributed by atoms with Gasteiger partial charge in [0.1, 0.15) is 0 Å².